The second kappa shape index (κ2) is 5.08. The molecule has 0 bridgehead atoms. The summed E-state index contributed by atoms with van der Waals surface area (Å²) in [5.41, 5.74) is 2.97. The molecule has 0 heterocycles. The highest BCUT2D eigenvalue weighted by Crippen LogP contribution is 2.12. The zero-order valence-electron chi connectivity index (χ0n) is 9.58. The predicted molar refractivity (Wildman–Crippen MR) is 61.2 cm³/mol. The largest absolute Gasteiger partial charge is 0.393 e. The Labute approximate surface area is 90.9 Å². The molecule has 0 saturated heterocycles. The first-order chi connectivity index (χ1) is 6.99. The minimum atomic E-state index is -0.403. The zero-order valence-corrected chi connectivity index (χ0v) is 9.58. The molecule has 1 unspecified atom stereocenters. The molecule has 0 aliphatic heterocycles. The summed E-state index contributed by atoms with van der Waals surface area (Å²) in [6, 6.07) is 5.85. The Kier molecular flexibility index (Phi) is 4.04. The predicted octanol–water partition coefficient (Wildman–Crippen LogP) is 2.65. The Bertz CT molecular complexity index is 333. The number of rotatable bonds is 4. The zero-order chi connectivity index (χ0) is 11.4. The van der Waals surface area contributed by atoms with Gasteiger partial charge in [-0.15, -0.1) is 0 Å². The first-order valence-corrected chi connectivity index (χ1v) is 5.28. The van der Waals surface area contributed by atoms with Crippen molar-refractivity contribution in [3.05, 3.63) is 34.9 Å². The first-order valence-electron chi connectivity index (χ1n) is 5.28. The van der Waals surface area contributed by atoms with Crippen LogP contribution >= 0.6 is 0 Å². The molecule has 0 amide bonds. The quantitative estimate of drug-likeness (QED) is 0.769. The van der Waals surface area contributed by atoms with Gasteiger partial charge in [-0.1, -0.05) is 17.2 Å². The van der Waals surface area contributed by atoms with Crippen LogP contribution in [0.5, 0.6) is 0 Å². The second-order valence-corrected chi connectivity index (χ2v) is 4.19. The van der Waals surface area contributed by atoms with E-state index in [0.29, 0.717) is 12.8 Å². The number of carbonyl (C=O) groups excluding carboxylic acids is 1. The van der Waals surface area contributed by atoms with Crippen LogP contribution in [-0.4, -0.2) is 17.0 Å². The summed E-state index contributed by atoms with van der Waals surface area (Å²) in [4.78, 5) is 11.7. The molecule has 1 rings (SSSR count). The Morgan fingerprint density at radius 1 is 1.27 bits per heavy atom. The van der Waals surface area contributed by atoms with E-state index in [2.05, 4.69) is 0 Å². The van der Waals surface area contributed by atoms with Gasteiger partial charge < -0.3 is 5.11 Å². The topological polar surface area (TPSA) is 37.3 Å². The van der Waals surface area contributed by atoms with E-state index < -0.39 is 6.10 Å². The molecule has 0 fully saturated rings. The van der Waals surface area contributed by atoms with Crippen molar-refractivity contribution >= 4 is 5.78 Å². The Balaban J connectivity index is 2.73. The summed E-state index contributed by atoms with van der Waals surface area (Å²) in [6.07, 6.45) is 0.548. The van der Waals surface area contributed by atoms with Gasteiger partial charge in [-0.05, 0) is 39.3 Å². The monoisotopic (exact) mass is 206 g/mol. The molecule has 1 atom stereocenters. The van der Waals surface area contributed by atoms with Gasteiger partial charge in [0.25, 0.3) is 0 Å². The molecule has 0 aromatic heterocycles. The van der Waals surface area contributed by atoms with Crippen LogP contribution in [0.1, 0.15) is 41.3 Å². The summed E-state index contributed by atoms with van der Waals surface area (Å²) in [5.74, 6) is 0.114. The number of hydrogen-bond acceptors (Lipinski definition) is 2. The van der Waals surface area contributed by atoms with Gasteiger partial charge in [0.05, 0.1) is 6.10 Å². The number of carbonyl (C=O) groups is 1. The Morgan fingerprint density at radius 2 is 1.80 bits per heavy atom. The lowest BCUT2D eigenvalue weighted by atomic mass is 10.0. The number of ketones is 1. The molecule has 0 radical (unpaired) electrons. The molecule has 15 heavy (non-hydrogen) atoms. The molecule has 0 aliphatic carbocycles. The van der Waals surface area contributed by atoms with Crippen molar-refractivity contribution < 1.29 is 9.90 Å². The third-order valence-electron chi connectivity index (χ3n) is 2.33. The van der Waals surface area contributed by atoms with Gasteiger partial charge in [-0.25, -0.2) is 0 Å². The molecule has 2 heteroatoms. The van der Waals surface area contributed by atoms with Gasteiger partial charge >= 0.3 is 0 Å². The van der Waals surface area contributed by atoms with Gasteiger partial charge in [0.2, 0.25) is 0 Å². The van der Waals surface area contributed by atoms with Gasteiger partial charge in [0.1, 0.15) is 0 Å². The molecule has 1 N–H and O–H groups in total. The van der Waals surface area contributed by atoms with Gasteiger partial charge in [-0.2, -0.15) is 0 Å². The van der Waals surface area contributed by atoms with Crippen molar-refractivity contribution in [2.75, 3.05) is 0 Å². The highest BCUT2D eigenvalue weighted by atomic mass is 16.3. The van der Waals surface area contributed by atoms with E-state index in [1.54, 1.807) is 6.92 Å². The third kappa shape index (κ3) is 3.84. The SMILES string of the molecule is Cc1cc(C)cc(C(=O)CCC(C)O)c1. The lowest BCUT2D eigenvalue weighted by Crippen LogP contribution is -2.06. The van der Waals surface area contributed by atoms with Crippen LogP contribution < -0.4 is 0 Å². The molecule has 0 spiro atoms. The van der Waals surface area contributed by atoms with Crippen molar-refractivity contribution in [2.45, 2.75) is 39.7 Å². The lowest BCUT2D eigenvalue weighted by molar-refractivity contribution is 0.0949. The fourth-order valence-corrected chi connectivity index (χ4v) is 1.62. The van der Waals surface area contributed by atoms with Crippen LogP contribution in [0.25, 0.3) is 0 Å². The fourth-order valence-electron chi connectivity index (χ4n) is 1.62. The Hall–Kier alpha value is -1.15. The standard InChI is InChI=1S/C13H18O2/c1-9-6-10(2)8-12(7-9)13(15)5-4-11(3)14/h6-8,11,14H,4-5H2,1-3H3. The minimum Gasteiger partial charge on any atom is -0.393 e. The molecule has 82 valence electrons. The number of aliphatic hydroxyl groups excluding tert-OH is 1. The van der Waals surface area contributed by atoms with Crippen molar-refractivity contribution in [3.63, 3.8) is 0 Å². The molecular weight excluding hydrogens is 188 g/mol. The van der Waals surface area contributed by atoms with E-state index in [1.807, 2.05) is 32.0 Å². The lowest BCUT2D eigenvalue weighted by Gasteiger charge is -2.05. The molecule has 1 aromatic carbocycles. The maximum atomic E-state index is 11.7. The van der Waals surface area contributed by atoms with E-state index in [-0.39, 0.29) is 5.78 Å². The number of hydrogen-bond donors (Lipinski definition) is 1. The summed E-state index contributed by atoms with van der Waals surface area (Å²) in [5, 5.41) is 9.11. The third-order valence-corrected chi connectivity index (χ3v) is 2.33. The smallest absolute Gasteiger partial charge is 0.162 e. The Morgan fingerprint density at radius 3 is 2.27 bits per heavy atom. The van der Waals surface area contributed by atoms with Gasteiger partial charge in [0, 0.05) is 12.0 Å². The number of aliphatic hydroxyl groups is 1. The van der Waals surface area contributed by atoms with Crippen molar-refractivity contribution in [1.29, 1.82) is 0 Å². The molecular formula is C13H18O2. The average molecular weight is 206 g/mol. The molecule has 1 aromatic rings. The van der Waals surface area contributed by atoms with Crippen LogP contribution in [0.3, 0.4) is 0 Å². The average Bonchev–Trinajstić information content (AvgIpc) is 2.12. The molecule has 0 saturated carbocycles. The minimum absolute atomic E-state index is 0.114. The van der Waals surface area contributed by atoms with Crippen molar-refractivity contribution in [1.82, 2.24) is 0 Å². The van der Waals surface area contributed by atoms with Crippen molar-refractivity contribution in [2.24, 2.45) is 0 Å². The van der Waals surface area contributed by atoms with Gasteiger partial charge in [-0.3, -0.25) is 4.79 Å². The van der Waals surface area contributed by atoms with E-state index in [1.165, 1.54) is 0 Å². The summed E-state index contributed by atoms with van der Waals surface area (Å²) in [6.45, 7) is 5.67. The van der Waals surface area contributed by atoms with Crippen molar-refractivity contribution in [3.8, 4) is 0 Å². The van der Waals surface area contributed by atoms with Gasteiger partial charge in [0.15, 0.2) is 5.78 Å². The maximum absolute atomic E-state index is 11.7. The summed E-state index contributed by atoms with van der Waals surface area (Å²) < 4.78 is 0. The van der Waals surface area contributed by atoms with E-state index in [4.69, 9.17) is 5.11 Å². The van der Waals surface area contributed by atoms with Crippen LogP contribution in [0.2, 0.25) is 0 Å². The molecule has 0 aliphatic rings. The molecule has 2 nitrogen and oxygen atoms in total. The van der Waals surface area contributed by atoms with Crippen LogP contribution in [0.4, 0.5) is 0 Å². The number of aryl methyl sites for hydroxylation is 2. The highest BCUT2D eigenvalue weighted by Gasteiger charge is 2.08. The number of benzene rings is 1. The fraction of sp³-hybridized carbons (Fsp3) is 0.462. The van der Waals surface area contributed by atoms with Crippen LogP contribution in [0, 0.1) is 13.8 Å². The number of Topliss-reactive ketones (excluding diaryl/α,β-unsaturated/α-hetero) is 1. The normalized spacial score (nSPS) is 12.5. The summed E-state index contributed by atoms with van der Waals surface area (Å²) in [7, 11) is 0. The van der Waals surface area contributed by atoms with Crippen LogP contribution in [0.15, 0.2) is 18.2 Å². The highest BCUT2D eigenvalue weighted by molar-refractivity contribution is 5.96. The van der Waals surface area contributed by atoms with E-state index in [9.17, 15) is 4.79 Å². The summed E-state index contributed by atoms with van der Waals surface area (Å²) >= 11 is 0. The second-order valence-electron chi connectivity index (χ2n) is 4.19. The first kappa shape index (κ1) is 11.9. The van der Waals surface area contributed by atoms with E-state index >= 15 is 0 Å². The van der Waals surface area contributed by atoms with E-state index in [0.717, 1.165) is 16.7 Å². The van der Waals surface area contributed by atoms with Crippen LogP contribution in [-0.2, 0) is 0 Å². The maximum Gasteiger partial charge on any atom is 0.162 e.